The number of thiocarbonyl (C=S) groups is 1. The topological polar surface area (TPSA) is 88.6 Å². The van der Waals surface area contributed by atoms with Gasteiger partial charge in [-0.1, -0.05) is 18.3 Å². The molecule has 0 unspecified atom stereocenters. The third-order valence-electron chi connectivity index (χ3n) is 3.77. The van der Waals surface area contributed by atoms with Gasteiger partial charge in [0.1, 0.15) is 11.1 Å². The maximum Gasteiger partial charge on any atom is 0.260 e. The van der Waals surface area contributed by atoms with Gasteiger partial charge in [0, 0.05) is 13.1 Å². The van der Waals surface area contributed by atoms with Crippen molar-refractivity contribution in [1.29, 1.82) is 5.26 Å². The highest BCUT2D eigenvalue weighted by Gasteiger charge is 2.19. The summed E-state index contributed by atoms with van der Waals surface area (Å²) in [5.41, 5.74) is 6.44. The molecule has 0 aromatic heterocycles. The van der Waals surface area contributed by atoms with Crippen LogP contribution in [0, 0.1) is 11.3 Å². The predicted octanol–water partition coefficient (Wildman–Crippen LogP) is 2.28. The fraction of sp³-hybridized carbons (Fsp3) is 0.389. The second-order valence-corrected chi connectivity index (χ2v) is 5.99. The summed E-state index contributed by atoms with van der Waals surface area (Å²) in [6.45, 7) is 3.87. The van der Waals surface area contributed by atoms with Crippen molar-refractivity contribution in [3.8, 4) is 17.6 Å². The van der Waals surface area contributed by atoms with Crippen LogP contribution in [0.4, 0.5) is 0 Å². The molecule has 0 atom stereocenters. The molecule has 1 amide bonds. The lowest BCUT2D eigenvalue weighted by molar-refractivity contribution is -0.132. The average molecular weight is 359 g/mol. The molecular formula is C18H21N3O3S. The highest BCUT2D eigenvalue weighted by atomic mass is 32.1. The van der Waals surface area contributed by atoms with Crippen molar-refractivity contribution in [2.24, 2.45) is 5.73 Å². The zero-order chi connectivity index (χ0) is 18.2. The van der Waals surface area contributed by atoms with Gasteiger partial charge in [-0.3, -0.25) is 4.79 Å². The van der Waals surface area contributed by atoms with Gasteiger partial charge >= 0.3 is 0 Å². The summed E-state index contributed by atoms with van der Waals surface area (Å²) in [7, 11) is 0. The largest absolute Gasteiger partial charge is 0.490 e. The van der Waals surface area contributed by atoms with E-state index in [1.54, 1.807) is 29.2 Å². The summed E-state index contributed by atoms with van der Waals surface area (Å²) in [4.78, 5) is 13.9. The van der Waals surface area contributed by atoms with E-state index >= 15 is 0 Å². The molecule has 0 saturated carbocycles. The van der Waals surface area contributed by atoms with Crippen LogP contribution >= 0.6 is 12.2 Å². The van der Waals surface area contributed by atoms with Crippen LogP contribution in [0.25, 0.3) is 6.08 Å². The fourth-order valence-electron chi connectivity index (χ4n) is 2.52. The van der Waals surface area contributed by atoms with Gasteiger partial charge in [-0.2, -0.15) is 5.26 Å². The quantitative estimate of drug-likeness (QED) is 0.456. The lowest BCUT2D eigenvalue weighted by Gasteiger charge is -2.17. The average Bonchev–Trinajstić information content (AvgIpc) is 3.13. The number of hydrogen-bond acceptors (Lipinski definition) is 5. The molecule has 2 rings (SSSR count). The number of nitrogens with zero attached hydrogens (tertiary/aromatic N) is 2. The summed E-state index contributed by atoms with van der Waals surface area (Å²) in [5.74, 6) is 0.968. The number of ether oxygens (including phenoxy) is 2. The van der Waals surface area contributed by atoms with Crippen molar-refractivity contribution in [2.45, 2.75) is 19.8 Å². The first kappa shape index (κ1) is 18.7. The Morgan fingerprint density at radius 1 is 1.36 bits per heavy atom. The van der Waals surface area contributed by atoms with E-state index in [1.807, 2.05) is 13.0 Å². The highest BCUT2D eigenvalue weighted by Crippen LogP contribution is 2.29. The van der Waals surface area contributed by atoms with Gasteiger partial charge in [0.25, 0.3) is 5.91 Å². The molecule has 2 N–H and O–H groups in total. The molecule has 7 heteroatoms. The highest BCUT2D eigenvalue weighted by molar-refractivity contribution is 7.80. The maximum absolute atomic E-state index is 12.1. The molecule has 25 heavy (non-hydrogen) atoms. The van der Waals surface area contributed by atoms with Crippen molar-refractivity contribution >= 4 is 29.2 Å². The smallest absolute Gasteiger partial charge is 0.260 e. The van der Waals surface area contributed by atoms with Crippen molar-refractivity contribution < 1.29 is 14.3 Å². The maximum atomic E-state index is 12.1. The van der Waals surface area contributed by atoms with Gasteiger partial charge in [-0.15, -0.1) is 0 Å². The second-order valence-electron chi connectivity index (χ2n) is 5.55. The molecule has 1 fully saturated rings. The summed E-state index contributed by atoms with van der Waals surface area (Å²) in [6.07, 6.45) is 3.67. The SMILES string of the molecule is CCOc1cc(/C=C(/C#N)C(N)=S)ccc1OCC(=O)N1CCCC1. The predicted molar refractivity (Wildman–Crippen MR) is 99.3 cm³/mol. The number of likely N-dealkylation sites (tertiary alicyclic amines) is 1. The van der Waals surface area contributed by atoms with Gasteiger partial charge in [-0.05, 0) is 43.5 Å². The Balaban J connectivity index is 2.14. The van der Waals surface area contributed by atoms with Gasteiger partial charge in [0.05, 0.1) is 12.2 Å². The fourth-order valence-corrected chi connectivity index (χ4v) is 2.63. The minimum atomic E-state index is -0.0239. The van der Waals surface area contributed by atoms with Gasteiger partial charge in [-0.25, -0.2) is 0 Å². The van der Waals surface area contributed by atoms with Crippen LogP contribution in [0.5, 0.6) is 11.5 Å². The van der Waals surface area contributed by atoms with Gasteiger partial charge in [0.2, 0.25) is 0 Å². The number of carbonyl (C=O) groups is 1. The van der Waals surface area contributed by atoms with E-state index in [0.717, 1.165) is 25.9 Å². The van der Waals surface area contributed by atoms with Crippen molar-refractivity contribution in [2.75, 3.05) is 26.3 Å². The van der Waals surface area contributed by atoms with Crippen LogP contribution in [0.1, 0.15) is 25.3 Å². The first-order valence-corrected chi connectivity index (χ1v) is 8.55. The Kier molecular flexibility index (Phi) is 6.78. The Morgan fingerprint density at radius 2 is 2.08 bits per heavy atom. The number of nitrogens with two attached hydrogens (primary N) is 1. The normalized spacial score (nSPS) is 14.1. The van der Waals surface area contributed by atoms with Crippen LogP contribution in [0.15, 0.2) is 23.8 Å². The molecule has 0 aliphatic carbocycles. The lowest BCUT2D eigenvalue weighted by atomic mass is 10.1. The first-order valence-electron chi connectivity index (χ1n) is 8.14. The zero-order valence-corrected chi connectivity index (χ0v) is 15.0. The van der Waals surface area contributed by atoms with E-state index in [2.05, 4.69) is 0 Å². The zero-order valence-electron chi connectivity index (χ0n) is 14.2. The van der Waals surface area contributed by atoms with Crippen LogP contribution in [0.3, 0.4) is 0 Å². The molecule has 1 aliphatic rings. The monoisotopic (exact) mass is 359 g/mol. The molecule has 1 saturated heterocycles. The minimum Gasteiger partial charge on any atom is -0.490 e. The molecule has 1 heterocycles. The molecule has 132 valence electrons. The van der Waals surface area contributed by atoms with Gasteiger partial charge in [0.15, 0.2) is 18.1 Å². The van der Waals surface area contributed by atoms with Crippen LogP contribution in [-0.4, -0.2) is 42.1 Å². The Labute approximate surface area is 152 Å². The molecule has 0 bridgehead atoms. The third kappa shape index (κ3) is 5.19. The van der Waals surface area contributed by atoms with E-state index in [1.165, 1.54) is 0 Å². The molecule has 0 spiro atoms. The van der Waals surface area contributed by atoms with Crippen molar-refractivity contribution in [3.63, 3.8) is 0 Å². The molecule has 1 aliphatic heterocycles. The summed E-state index contributed by atoms with van der Waals surface area (Å²) in [6, 6.07) is 7.16. The van der Waals surface area contributed by atoms with E-state index in [9.17, 15) is 4.79 Å². The minimum absolute atomic E-state index is 0.0222. The van der Waals surface area contributed by atoms with Crippen LogP contribution < -0.4 is 15.2 Å². The Bertz CT molecular complexity index is 719. The number of nitriles is 1. The molecule has 0 radical (unpaired) electrons. The van der Waals surface area contributed by atoms with E-state index in [-0.39, 0.29) is 23.1 Å². The van der Waals surface area contributed by atoms with E-state index in [0.29, 0.717) is 23.7 Å². The lowest BCUT2D eigenvalue weighted by Crippen LogP contribution is -2.32. The molecule has 1 aromatic carbocycles. The third-order valence-corrected chi connectivity index (χ3v) is 3.99. The molecule has 1 aromatic rings. The van der Waals surface area contributed by atoms with Crippen LogP contribution in [-0.2, 0) is 4.79 Å². The number of rotatable bonds is 7. The second kappa shape index (κ2) is 9.04. The molecule has 6 nitrogen and oxygen atoms in total. The first-order chi connectivity index (χ1) is 12.0. The summed E-state index contributed by atoms with van der Waals surface area (Å²) < 4.78 is 11.2. The van der Waals surface area contributed by atoms with E-state index < -0.39 is 0 Å². The van der Waals surface area contributed by atoms with E-state index in [4.69, 9.17) is 32.7 Å². The Morgan fingerprint density at radius 3 is 2.68 bits per heavy atom. The van der Waals surface area contributed by atoms with Crippen molar-refractivity contribution in [1.82, 2.24) is 4.90 Å². The van der Waals surface area contributed by atoms with Crippen molar-refractivity contribution in [3.05, 3.63) is 29.3 Å². The number of amides is 1. The number of benzene rings is 1. The standard InChI is InChI=1S/C18H21N3O3S/c1-2-23-16-10-13(9-14(11-19)18(20)25)5-6-15(16)24-12-17(22)21-7-3-4-8-21/h5-6,9-10H,2-4,7-8,12H2,1H3,(H2,20,25)/b14-9-. The summed E-state index contributed by atoms with van der Waals surface area (Å²) in [5, 5.41) is 9.05. The number of hydrogen-bond donors (Lipinski definition) is 1. The molecular weight excluding hydrogens is 338 g/mol. The number of carbonyl (C=O) groups excluding carboxylic acids is 1. The van der Waals surface area contributed by atoms with Crippen LogP contribution in [0.2, 0.25) is 0 Å². The summed E-state index contributed by atoms with van der Waals surface area (Å²) >= 11 is 4.84. The van der Waals surface area contributed by atoms with Gasteiger partial charge < -0.3 is 20.1 Å². The Hall–Kier alpha value is -2.59.